The van der Waals surface area contributed by atoms with Crippen LogP contribution in [0.25, 0.3) is 11.3 Å². The van der Waals surface area contributed by atoms with Crippen LogP contribution in [0.15, 0.2) is 48.8 Å². The molecular formula is C15H11FN6O2. The lowest BCUT2D eigenvalue weighted by atomic mass is 10.2. The maximum Gasteiger partial charge on any atom is 0.271 e. The molecule has 0 bridgehead atoms. The van der Waals surface area contributed by atoms with E-state index in [-0.39, 0.29) is 17.3 Å². The molecule has 0 aliphatic rings. The van der Waals surface area contributed by atoms with Crippen LogP contribution in [0.1, 0.15) is 0 Å². The highest BCUT2D eigenvalue weighted by Crippen LogP contribution is 2.26. The highest BCUT2D eigenvalue weighted by Gasteiger charge is 2.13. The second-order valence-corrected chi connectivity index (χ2v) is 4.75. The van der Waals surface area contributed by atoms with Crippen LogP contribution in [0.3, 0.4) is 0 Å². The molecule has 8 nitrogen and oxygen atoms in total. The highest BCUT2D eigenvalue weighted by atomic mass is 19.1. The minimum absolute atomic E-state index is 0.0788. The molecule has 3 N–H and O–H groups in total. The van der Waals surface area contributed by atoms with Crippen molar-refractivity contribution in [1.29, 1.82) is 0 Å². The molecule has 0 atom stereocenters. The SMILES string of the molecule is Nc1ncccc1-c1ccnc(Nc2cc([N+](=O)[O-])ccc2F)n1. The van der Waals surface area contributed by atoms with Crippen LogP contribution in [-0.4, -0.2) is 19.9 Å². The average molecular weight is 326 g/mol. The zero-order valence-corrected chi connectivity index (χ0v) is 12.2. The Morgan fingerprint density at radius 1 is 1.17 bits per heavy atom. The minimum Gasteiger partial charge on any atom is -0.383 e. The Hall–Kier alpha value is -3.62. The van der Waals surface area contributed by atoms with Gasteiger partial charge in [0.2, 0.25) is 5.95 Å². The number of nitrogens with zero attached hydrogens (tertiary/aromatic N) is 4. The van der Waals surface area contributed by atoms with E-state index < -0.39 is 10.7 Å². The molecule has 2 heterocycles. The maximum atomic E-state index is 13.8. The fourth-order valence-corrected chi connectivity index (χ4v) is 2.05. The van der Waals surface area contributed by atoms with Gasteiger partial charge in [-0.2, -0.15) is 0 Å². The van der Waals surface area contributed by atoms with Crippen LogP contribution in [-0.2, 0) is 0 Å². The summed E-state index contributed by atoms with van der Waals surface area (Å²) in [5.74, 6) is -0.283. The van der Waals surface area contributed by atoms with Crippen LogP contribution in [0.4, 0.5) is 27.5 Å². The lowest BCUT2D eigenvalue weighted by Crippen LogP contribution is -2.02. The highest BCUT2D eigenvalue weighted by molar-refractivity contribution is 5.71. The second kappa shape index (κ2) is 6.24. The molecule has 0 unspecified atom stereocenters. The molecule has 0 aliphatic heterocycles. The molecule has 1 aromatic carbocycles. The zero-order chi connectivity index (χ0) is 17.1. The number of aromatic nitrogens is 3. The van der Waals surface area contributed by atoms with Crippen molar-refractivity contribution in [2.75, 3.05) is 11.1 Å². The number of rotatable bonds is 4. The van der Waals surface area contributed by atoms with Gasteiger partial charge in [0.1, 0.15) is 11.6 Å². The predicted molar refractivity (Wildman–Crippen MR) is 86.0 cm³/mol. The first kappa shape index (κ1) is 15.3. The van der Waals surface area contributed by atoms with Gasteiger partial charge in [-0.25, -0.2) is 19.3 Å². The van der Waals surface area contributed by atoms with Crippen molar-refractivity contribution in [3.05, 3.63) is 64.7 Å². The van der Waals surface area contributed by atoms with E-state index in [2.05, 4.69) is 20.3 Å². The first-order chi connectivity index (χ1) is 11.5. The van der Waals surface area contributed by atoms with E-state index in [0.717, 1.165) is 18.2 Å². The molecule has 2 aromatic heterocycles. The van der Waals surface area contributed by atoms with Gasteiger partial charge in [0.25, 0.3) is 5.69 Å². The Labute approximate surface area is 135 Å². The monoisotopic (exact) mass is 326 g/mol. The molecule has 0 fully saturated rings. The van der Waals surface area contributed by atoms with Crippen molar-refractivity contribution in [2.24, 2.45) is 0 Å². The van der Waals surface area contributed by atoms with Crippen LogP contribution in [0, 0.1) is 15.9 Å². The van der Waals surface area contributed by atoms with Crippen LogP contribution >= 0.6 is 0 Å². The second-order valence-electron chi connectivity index (χ2n) is 4.75. The maximum absolute atomic E-state index is 13.8. The van der Waals surface area contributed by atoms with Crippen molar-refractivity contribution in [1.82, 2.24) is 15.0 Å². The smallest absolute Gasteiger partial charge is 0.271 e. The van der Waals surface area contributed by atoms with E-state index >= 15 is 0 Å². The number of pyridine rings is 1. The third kappa shape index (κ3) is 3.09. The third-order valence-electron chi connectivity index (χ3n) is 3.18. The number of nitrogen functional groups attached to an aromatic ring is 1. The van der Waals surface area contributed by atoms with E-state index in [4.69, 9.17) is 5.73 Å². The van der Waals surface area contributed by atoms with Gasteiger partial charge >= 0.3 is 0 Å². The van der Waals surface area contributed by atoms with Gasteiger partial charge in [-0.3, -0.25) is 10.1 Å². The molecule has 0 spiro atoms. The van der Waals surface area contributed by atoms with Gasteiger partial charge < -0.3 is 11.1 Å². The van der Waals surface area contributed by atoms with Crippen molar-refractivity contribution in [3.63, 3.8) is 0 Å². The number of nitro benzene ring substituents is 1. The summed E-state index contributed by atoms with van der Waals surface area (Å²) in [6.45, 7) is 0. The zero-order valence-electron chi connectivity index (χ0n) is 12.2. The first-order valence-corrected chi connectivity index (χ1v) is 6.79. The van der Waals surface area contributed by atoms with Crippen LogP contribution in [0.2, 0.25) is 0 Å². The van der Waals surface area contributed by atoms with Gasteiger partial charge in [0.15, 0.2) is 0 Å². The summed E-state index contributed by atoms with van der Waals surface area (Å²) >= 11 is 0. The standard InChI is InChI=1S/C15H11FN6O2/c16-11-4-3-9(22(23)24)8-13(11)21-15-19-7-5-12(20-15)10-2-1-6-18-14(10)17/h1-8H,(H2,17,18)(H,19,20,21). The molecular weight excluding hydrogens is 315 g/mol. The van der Waals surface area contributed by atoms with Crippen LogP contribution in [0.5, 0.6) is 0 Å². The number of anilines is 3. The number of nitrogens with two attached hydrogens (primary N) is 1. The Bertz CT molecular complexity index is 918. The predicted octanol–water partition coefficient (Wildman–Crippen LogP) is 2.91. The van der Waals surface area contributed by atoms with Gasteiger partial charge in [0, 0.05) is 30.1 Å². The number of nitro groups is 1. The average Bonchev–Trinajstić information content (AvgIpc) is 2.57. The summed E-state index contributed by atoms with van der Waals surface area (Å²) in [5.41, 5.74) is 6.55. The Kier molecular flexibility index (Phi) is 3.98. The quantitative estimate of drug-likeness (QED) is 0.558. The van der Waals surface area contributed by atoms with E-state index in [1.54, 1.807) is 24.4 Å². The first-order valence-electron chi connectivity index (χ1n) is 6.79. The number of hydrogen-bond acceptors (Lipinski definition) is 7. The van der Waals surface area contributed by atoms with Gasteiger partial charge in [-0.15, -0.1) is 0 Å². The lowest BCUT2D eigenvalue weighted by Gasteiger charge is -2.08. The molecule has 24 heavy (non-hydrogen) atoms. The van der Waals surface area contributed by atoms with E-state index in [0.29, 0.717) is 17.1 Å². The molecule has 120 valence electrons. The van der Waals surface area contributed by atoms with E-state index in [9.17, 15) is 14.5 Å². The molecule has 0 saturated carbocycles. The normalized spacial score (nSPS) is 10.4. The summed E-state index contributed by atoms with van der Waals surface area (Å²) in [4.78, 5) is 22.4. The summed E-state index contributed by atoms with van der Waals surface area (Å²) < 4.78 is 13.8. The topological polar surface area (TPSA) is 120 Å². The minimum atomic E-state index is -0.657. The number of hydrogen-bond donors (Lipinski definition) is 2. The van der Waals surface area contributed by atoms with Crippen LogP contribution < -0.4 is 11.1 Å². The van der Waals surface area contributed by atoms with Crippen molar-refractivity contribution in [2.45, 2.75) is 0 Å². The number of nitrogens with one attached hydrogen (secondary N) is 1. The fourth-order valence-electron chi connectivity index (χ4n) is 2.05. The summed E-state index contributed by atoms with van der Waals surface area (Å²) in [6.07, 6.45) is 3.02. The molecule has 0 aliphatic carbocycles. The summed E-state index contributed by atoms with van der Waals surface area (Å²) in [6, 6.07) is 8.23. The largest absolute Gasteiger partial charge is 0.383 e. The molecule has 0 saturated heterocycles. The molecule has 0 radical (unpaired) electrons. The molecule has 3 aromatic rings. The van der Waals surface area contributed by atoms with E-state index in [1.807, 2.05) is 0 Å². The number of benzene rings is 1. The van der Waals surface area contributed by atoms with Crippen molar-refractivity contribution >= 4 is 23.1 Å². The van der Waals surface area contributed by atoms with Crippen molar-refractivity contribution < 1.29 is 9.31 Å². The number of non-ortho nitro benzene ring substituents is 1. The third-order valence-corrected chi connectivity index (χ3v) is 3.18. The van der Waals surface area contributed by atoms with Gasteiger partial charge in [-0.05, 0) is 24.3 Å². The lowest BCUT2D eigenvalue weighted by molar-refractivity contribution is -0.384. The fraction of sp³-hybridized carbons (Fsp3) is 0. The summed E-state index contributed by atoms with van der Waals surface area (Å²) in [7, 11) is 0. The number of halogens is 1. The Morgan fingerprint density at radius 3 is 2.75 bits per heavy atom. The van der Waals surface area contributed by atoms with Gasteiger partial charge in [0.05, 0.1) is 16.3 Å². The molecule has 9 heteroatoms. The Balaban J connectivity index is 1.95. The molecule has 3 rings (SSSR count). The Morgan fingerprint density at radius 2 is 2.00 bits per heavy atom. The van der Waals surface area contributed by atoms with Gasteiger partial charge in [-0.1, -0.05) is 0 Å². The summed E-state index contributed by atoms with van der Waals surface area (Å²) in [5, 5.41) is 13.4. The van der Waals surface area contributed by atoms with E-state index in [1.165, 1.54) is 6.20 Å². The van der Waals surface area contributed by atoms with Crippen molar-refractivity contribution in [3.8, 4) is 11.3 Å². The molecule has 0 amide bonds.